The molecule has 1 heterocycles. The van der Waals surface area contributed by atoms with Crippen molar-refractivity contribution in [1.29, 1.82) is 0 Å². The van der Waals surface area contributed by atoms with Gasteiger partial charge in [-0.1, -0.05) is 127 Å². The van der Waals surface area contributed by atoms with E-state index in [1.165, 1.54) is 44.1 Å². The highest BCUT2D eigenvalue weighted by Gasteiger charge is 2.18. The molecule has 0 spiro atoms. The average molecular weight is 563 g/mol. The van der Waals surface area contributed by atoms with E-state index in [2.05, 4.69) is 191 Å². The van der Waals surface area contributed by atoms with E-state index in [0.717, 1.165) is 22.7 Å². The van der Waals surface area contributed by atoms with Gasteiger partial charge in [-0.15, -0.1) is 0 Å². The summed E-state index contributed by atoms with van der Waals surface area (Å²) < 4.78 is 2.41. The maximum absolute atomic E-state index is 2.41. The fourth-order valence-corrected chi connectivity index (χ4v) is 6.37. The molecule has 7 aromatic carbocycles. The van der Waals surface area contributed by atoms with Gasteiger partial charge in [0.25, 0.3) is 0 Å². The summed E-state index contributed by atoms with van der Waals surface area (Å²) in [5, 5.41) is 2.51. The van der Waals surface area contributed by atoms with Gasteiger partial charge in [0.15, 0.2) is 0 Å². The molecule has 8 rings (SSSR count). The Hall–Kier alpha value is -5.86. The van der Waals surface area contributed by atoms with E-state index >= 15 is 0 Å². The van der Waals surface area contributed by atoms with Crippen molar-refractivity contribution in [2.24, 2.45) is 0 Å². The average Bonchev–Trinajstić information content (AvgIpc) is 3.45. The Bertz CT molecular complexity index is 2200. The molecule has 0 saturated carbocycles. The van der Waals surface area contributed by atoms with Crippen LogP contribution < -0.4 is 4.90 Å². The highest BCUT2D eigenvalue weighted by Crippen LogP contribution is 2.41. The number of hydrogen-bond acceptors (Lipinski definition) is 1. The van der Waals surface area contributed by atoms with Crippen LogP contribution in [0.15, 0.2) is 182 Å². The molecule has 0 amide bonds. The van der Waals surface area contributed by atoms with E-state index in [1.807, 2.05) is 0 Å². The molecule has 0 saturated heterocycles. The molecule has 0 fully saturated rings. The Morgan fingerprint density at radius 2 is 0.909 bits per heavy atom. The molecule has 0 bridgehead atoms. The second-order valence-electron chi connectivity index (χ2n) is 11.0. The first-order chi connectivity index (χ1) is 21.8. The van der Waals surface area contributed by atoms with E-state index in [4.69, 9.17) is 0 Å². The highest BCUT2D eigenvalue weighted by molar-refractivity contribution is 6.13. The minimum absolute atomic E-state index is 1.11. The van der Waals surface area contributed by atoms with Crippen LogP contribution >= 0.6 is 0 Å². The van der Waals surface area contributed by atoms with Gasteiger partial charge in [-0.3, -0.25) is 0 Å². The van der Waals surface area contributed by atoms with Gasteiger partial charge in [-0.2, -0.15) is 0 Å². The van der Waals surface area contributed by atoms with Crippen LogP contribution in [-0.4, -0.2) is 4.57 Å². The summed E-state index contributed by atoms with van der Waals surface area (Å²) in [7, 11) is 0. The van der Waals surface area contributed by atoms with Gasteiger partial charge in [0.2, 0.25) is 0 Å². The predicted molar refractivity (Wildman–Crippen MR) is 186 cm³/mol. The lowest BCUT2D eigenvalue weighted by molar-refractivity contribution is 1.18. The highest BCUT2D eigenvalue weighted by atomic mass is 15.1. The molecule has 0 atom stereocenters. The Morgan fingerprint density at radius 1 is 0.364 bits per heavy atom. The molecule has 0 aliphatic rings. The van der Waals surface area contributed by atoms with Gasteiger partial charge in [0, 0.05) is 39.1 Å². The van der Waals surface area contributed by atoms with Crippen LogP contribution in [0.5, 0.6) is 0 Å². The van der Waals surface area contributed by atoms with Gasteiger partial charge in [-0.05, 0) is 71.3 Å². The number of benzene rings is 7. The zero-order valence-corrected chi connectivity index (χ0v) is 24.2. The van der Waals surface area contributed by atoms with Crippen LogP contribution in [0.3, 0.4) is 0 Å². The minimum Gasteiger partial charge on any atom is -0.310 e. The third-order valence-corrected chi connectivity index (χ3v) is 8.37. The predicted octanol–water partition coefficient (Wildman–Crippen LogP) is 11.6. The van der Waals surface area contributed by atoms with Gasteiger partial charge >= 0.3 is 0 Å². The number of nitrogens with zero attached hydrogens (tertiary/aromatic N) is 2. The number of anilines is 3. The van der Waals surface area contributed by atoms with Crippen molar-refractivity contribution in [3.05, 3.63) is 182 Å². The van der Waals surface area contributed by atoms with Crippen molar-refractivity contribution < 1.29 is 0 Å². The molecule has 0 aliphatic heterocycles. The van der Waals surface area contributed by atoms with Crippen molar-refractivity contribution >= 4 is 38.9 Å². The van der Waals surface area contributed by atoms with Crippen LogP contribution in [0.2, 0.25) is 0 Å². The van der Waals surface area contributed by atoms with Gasteiger partial charge in [-0.25, -0.2) is 0 Å². The quantitative estimate of drug-likeness (QED) is 0.196. The standard InChI is InChI=1S/C42H30N2/c1-4-14-31(15-5-1)32-26-28-36(29-27-32)43(34-17-6-2-7-18-34)37-21-12-16-33(30-37)38-23-13-24-40-39-22-10-11-25-41(39)44(42(38)40)35-19-8-3-9-20-35/h1-30H. The summed E-state index contributed by atoms with van der Waals surface area (Å²) in [5.41, 5.74) is 11.7. The smallest absolute Gasteiger partial charge is 0.0619 e. The molecular weight excluding hydrogens is 532 g/mol. The third kappa shape index (κ3) is 4.54. The van der Waals surface area contributed by atoms with E-state index < -0.39 is 0 Å². The van der Waals surface area contributed by atoms with Crippen LogP contribution in [0.1, 0.15) is 0 Å². The summed E-state index contributed by atoms with van der Waals surface area (Å²) in [5.74, 6) is 0. The largest absolute Gasteiger partial charge is 0.310 e. The second-order valence-corrected chi connectivity index (χ2v) is 11.0. The SMILES string of the molecule is c1ccc(-c2ccc(N(c3ccccc3)c3cccc(-c4cccc5c6ccccc6n(-c6ccccc6)c45)c3)cc2)cc1. The molecule has 0 radical (unpaired) electrons. The van der Waals surface area contributed by atoms with Crippen molar-refractivity contribution in [3.8, 4) is 27.9 Å². The van der Waals surface area contributed by atoms with Crippen LogP contribution in [0.25, 0.3) is 49.7 Å². The maximum atomic E-state index is 2.41. The molecular formula is C42H30N2. The van der Waals surface area contributed by atoms with Crippen molar-refractivity contribution in [2.75, 3.05) is 4.90 Å². The lowest BCUT2D eigenvalue weighted by Crippen LogP contribution is -2.09. The fraction of sp³-hybridized carbons (Fsp3) is 0. The van der Waals surface area contributed by atoms with Gasteiger partial charge in [0.05, 0.1) is 11.0 Å². The van der Waals surface area contributed by atoms with Crippen LogP contribution in [0.4, 0.5) is 17.1 Å². The first-order valence-electron chi connectivity index (χ1n) is 15.0. The zero-order valence-electron chi connectivity index (χ0n) is 24.2. The summed E-state index contributed by atoms with van der Waals surface area (Å²) in [6, 6.07) is 65.0. The minimum atomic E-state index is 1.11. The van der Waals surface area contributed by atoms with E-state index in [9.17, 15) is 0 Å². The lowest BCUT2D eigenvalue weighted by atomic mass is 10.0. The number of para-hydroxylation sites is 4. The first-order valence-corrected chi connectivity index (χ1v) is 15.0. The van der Waals surface area contributed by atoms with E-state index in [-0.39, 0.29) is 0 Å². The molecule has 2 heteroatoms. The Morgan fingerprint density at radius 3 is 1.68 bits per heavy atom. The van der Waals surface area contributed by atoms with E-state index in [1.54, 1.807) is 0 Å². The Balaban J connectivity index is 1.30. The summed E-state index contributed by atoms with van der Waals surface area (Å²) >= 11 is 0. The molecule has 0 unspecified atom stereocenters. The summed E-state index contributed by atoms with van der Waals surface area (Å²) in [4.78, 5) is 2.34. The molecule has 0 N–H and O–H groups in total. The third-order valence-electron chi connectivity index (χ3n) is 8.37. The molecule has 1 aromatic heterocycles. The normalized spacial score (nSPS) is 11.2. The molecule has 8 aromatic rings. The summed E-state index contributed by atoms with van der Waals surface area (Å²) in [6.07, 6.45) is 0. The Kier molecular flexibility index (Phi) is 6.51. The summed E-state index contributed by atoms with van der Waals surface area (Å²) in [6.45, 7) is 0. The maximum Gasteiger partial charge on any atom is 0.0619 e. The molecule has 208 valence electrons. The lowest BCUT2D eigenvalue weighted by Gasteiger charge is -2.26. The van der Waals surface area contributed by atoms with Crippen LogP contribution in [0, 0.1) is 0 Å². The first kappa shape index (κ1) is 25.8. The monoisotopic (exact) mass is 562 g/mol. The number of hydrogen-bond donors (Lipinski definition) is 0. The van der Waals surface area contributed by atoms with Gasteiger partial charge in [0.1, 0.15) is 0 Å². The van der Waals surface area contributed by atoms with Gasteiger partial charge < -0.3 is 9.47 Å². The topological polar surface area (TPSA) is 8.17 Å². The molecule has 0 aliphatic carbocycles. The van der Waals surface area contributed by atoms with Crippen molar-refractivity contribution in [3.63, 3.8) is 0 Å². The zero-order chi connectivity index (χ0) is 29.3. The molecule has 44 heavy (non-hydrogen) atoms. The Labute approximate surface area is 257 Å². The number of fused-ring (bicyclic) bond motifs is 3. The fourth-order valence-electron chi connectivity index (χ4n) is 6.37. The van der Waals surface area contributed by atoms with Crippen LogP contribution in [-0.2, 0) is 0 Å². The second kappa shape index (κ2) is 11.1. The van der Waals surface area contributed by atoms with E-state index in [0.29, 0.717) is 0 Å². The number of aromatic nitrogens is 1. The van der Waals surface area contributed by atoms with Crippen molar-refractivity contribution in [1.82, 2.24) is 4.57 Å². The van der Waals surface area contributed by atoms with Crippen molar-refractivity contribution in [2.45, 2.75) is 0 Å². The molecule has 2 nitrogen and oxygen atoms in total. The number of rotatable bonds is 6.